The van der Waals surface area contributed by atoms with Gasteiger partial charge in [0.05, 0.1) is 11.5 Å². The van der Waals surface area contributed by atoms with Gasteiger partial charge in [-0.25, -0.2) is 0 Å². The number of non-ortho nitro benzene ring substituents is 1. The monoisotopic (exact) mass is 277 g/mol. The molecule has 0 bridgehead atoms. The summed E-state index contributed by atoms with van der Waals surface area (Å²) in [6, 6.07) is 5.87. The standard InChI is InChI=1S/C14H15NO5/c1-2-8-20-14(17)10-13(16)7-6-11-4-3-5-12(9-11)15(18)19/h3-7,9H,2,8,10H2,1H3. The third kappa shape index (κ3) is 5.43. The van der Waals surface area contributed by atoms with Gasteiger partial charge in [0.15, 0.2) is 5.78 Å². The molecule has 0 saturated heterocycles. The van der Waals surface area contributed by atoms with Crippen LogP contribution in [0, 0.1) is 10.1 Å². The highest BCUT2D eigenvalue weighted by Crippen LogP contribution is 2.14. The van der Waals surface area contributed by atoms with Crippen LogP contribution in [-0.4, -0.2) is 23.3 Å². The first-order valence-corrected chi connectivity index (χ1v) is 6.14. The molecule has 0 atom stereocenters. The van der Waals surface area contributed by atoms with E-state index in [1.807, 2.05) is 6.92 Å². The fourth-order valence-electron chi connectivity index (χ4n) is 1.40. The quantitative estimate of drug-likeness (QED) is 0.251. The molecule has 0 saturated carbocycles. The third-order valence-corrected chi connectivity index (χ3v) is 2.33. The van der Waals surface area contributed by atoms with Crippen molar-refractivity contribution >= 4 is 23.5 Å². The zero-order valence-corrected chi connectivity index (χ0v) is 11.1. The average molecular weight is 277 g/mol. The Hall–Kier alpha value is -2.50. The maximum atomic E-state index is 11.5. The number of benzene rings is 1. The van der Waals surface area contributed by atoms with E-state index in [1.165, 1.54) is 30.4 Å². The lowest BCUT2D eigenvalue weighted by Crippen LogP contribution is -2.09. The Bertz CT molecular complexity index is 536. The number of rotatable bonds is 7. The van der Waals surface area contributed by atoms with Gasteiger partial charge in [0.1, 0.15) is 6.42 Å². The van der Waals surface area contributed by atoms with E-state index in [2.05, 4.69) is 0 Å². The fourth-order valence-corrected chi connectivity index (χ4v) is 1.40. The maximum absolute atomic E-state index is 11.5. The molecule has 0 aliphatic carbocycles. The maximum Gasteiger partial charge on any atom is 0.313 e. The van der Waals surface area contributed by atoms with Gasteiger partial charge in [0, 0.05) is 12.1 Å². The lowest BCUT2D eigenvalue weighted by Gasteiger charge is -2.00. The number of carbonyl (C=O) groups is 2. The zero-order chi connectivity index (χ0) is 15.0. The number of nitrogens with zero attached hydrogens (tertiary/aromatic N) is 1. The van der Waals surface area contributed by atoms with E-state index in [9.17, 15) is 19.7 Å². The molecule has 0 unspecified atom stereocenters. The third-order valence-electron chi connectivity index (χ3n) is 2.33. The normalized spacial score (nSPS) is 10.4. The Morgan fingerprint density at radius 1 is 1.40 bits per heavy atom. The molecule has 0 spiro atoms. The molecular formula is C14H15NO5. The topological polar surface area (TPSA) is 86.5 Å². The van der Waals surface area contributed by atoms with Gasteiger partial charge >= 0.3 is 5.97 Å². The van der Waals surface area contributed by atoms with Crippen LogP contribution in [0.3, 0.4) is 0 Å². The zero-order valence-electron chi connectivity index (χ0n) is 11.1. The largest absolute Gasteiger partial charge is 0.465 e. The summed E-state index contributed by atoms with van der Waals surface area (Å²) in [7, 11) is 0. The molecule has 0 radical (unpaired) electrons. The van der Waals surface area contributed by atoms with Crippen molar-refractivity contribution in [1.29, 1.82) is 0 Å². The van der Waals surface area contributed by atoms with Crippen molar-refractivity contribution in [2.45, 2.75) is 19.8 Å². The van der Waals surface area contributed by atoms with Crippen molar-refractivity contribution in [2.24, 2.45) is 0 Å². The van der Waals surface area contributed by atoms with Gasteiger partial charge in [-0.15, -0.1) is 0 Å². The van der Waals surface area contributed by atoms with Crippen LogP contribution < -0.4 is 0 Å². The highest BCUT2D eigenvalue weighted by Gasteiger charge is 2.08. The van der Waals surface area contributed by atoms with E-state index in [0.717, 1.165) is 0 Å². The second-order valence-corrected chi connectivity index (χ2v) is 4.05. The van der Waals surface area contributed by atoms with E-state index in [0.29, 0.717) is 18.6 Å². The van der Waals surface area contributed by atoms with Crippen LogP contribution in [0.15, 0.2) is 30.3 Å². The molecule has 0 N–H and O–H groups in total. The second-order valence-electron chi connectivity index (χ2n) is 4.05. The Morgan fingerprint density at radius 2 is 2.15 bits per heavy atom. The van der Waals surface area contributed by atoms with Gasteiger partial charge in [-0.1, -0.05) is 25.1 Å². The van der Waals surface area contributed by atoms with Crippen LogP contribution in [0.5, 0.6) is 0 Å². The molecule has 1 aromatic carbocycles. The summed E-state index contributed by atoms with van der Waals surface area (Å²) in [5.41, 5.74) is 0.469. The SMILES string of the molecule is CCCOC(=O)CC(=O)C=Cc1cccc([N+](=O)[O-])c1. The van der Waals surface area contributed by atoms with Crippen molar-refractivity contribution in [2.75, 3.05) is 6.61 Å². The predicted molar refractivity (Wildman–Crippen MR) is 73.0 cm³/mol. The first-order chi connectivity index (χ1) is 9.52. The van der Waals surface area contributed by atoms with Crippen LogP contribution in [0.25, 0.3) is 6.08 Å². The van der Waals surface area contributed by atoms with E-state index in [-0.39, 0.29) is 12.1 Å². The average Bonchev–Trinajstić information content (AvgIpc) is 2.43. The Balaban J connectivity index is 2.59. The lowest BCUT2D eigenvalue weighted by molar-refractivity contribution is -0.384. The summed E-state index contributed by atoms with van der Waals surface area (Å²) in [5, 5.41) is 10.6. The molecule has 6 nitrogen and oxygen atoms in total. The molecular weight excluding hydrogens is 262 g/mol. The van der Waals surface area contributed by atoms with Crippen molar-refractivity contribution < 1.29 is 19.2 Å². The van der Waals surface area contributed by atoms with E-state index in [1.54, 1.807) is 6.07 Å². The number of hydrogen-bond donors (Lipinski definition) is 0. The number of ether oxygens (including phenoxy) is 1. The highest BCUT2D eigenvalue weighted by atomic mass is 16.6. The Kier molecular flexibility index (Phi) is 6.09. The van der Waals surface area contributed by atoms with Gasteiger partial charge in [-0.05, 0) is 18.1 Å². The smallest absolute Gasteiger partial charge is 0.313 e. The molecule has 6 heteroatoms. The molecule has 0 amide bonds. The van der Waals surface area contributed by atoms with Crippen molar-refractivity contribution in [3.63, 3.8) is 0 Å². The number of esters is 1. The van der Waals surface area contributed by atoms with Crippen LogP contribution >= 0.6 is 0 Å². The predicted octanol–water partition coefficient (Wildman–Crippen LogP) is 2.52. The van der Waals surface area contributed by atoms with Crippen LogP contribution in [-0.2, 0) is 14.3 Å². The second kappa shape index (κ2) is 7.83. The number of ketones is 1. The Morgan fingerprint density at radius 3 is 2.80 bits per heavy atom. The fraction of sp³-hybridized carbons (Fsp3) is 0.286. The van der Waals surface area contributed by atoms with Crippen LogP contribution in [0.1, 0.15) is 25.3 Å². The lowest BCUT2D eigenvalue weighted by atomic mass is 10.1. The summed E-state index contributed by atoms with van der Waals surface area (Å²) < 4.78 is 4.78. The van der Waals surface area contributed by atoms with Crippen LogP contribution in [0.4, 0.5) is 5.69 Å². The first-order valence-electron chi connectivity index (χ1n) is 6.14. The highest BCUT2D eigenvalue weighted by molar-refractivity contribution is 6.03. The van der Waals surface area contributed by atoms with Gasteiger partial charge in [0.2, 0.25) is 0 Å². The summed E-state index contributed by atoms with van der Waals surface area (Å²) >= 11 is 0. The van der Waals surface area contributed by atoms with Gasteiger partial charge in [-0.2, -0.15) is 0 Å². The van der Waals surface area contributed by atoms with Gasteiger partial charge in [0.25, 0.3) is 5.69 Å². The van der Waals surface area contributed by atoms with Gasteiger partial charge < -0.3 is 4.74 Å². The van der Waals surface area contributed by atoms with E-state index in [4.69, 9.17) is 4.74 Å². The molecule has 0 aromatic heterocycles. The Labute approximate surface area is 116 Å². The van der Waals surface area contributed by atoms with Crippen LogP contribution in [0.2, 0.25) is 0 Å². The minimum atomic E-state index is -0.569. The van der Waals surface area contributed by atoms with E-state index < -0.39 is 16.7 Å². The molecule has 0 heterocycles. The molecule has 106 valence electrons. The number of allylic oxidation sites excluding steroid dienone is 1. The van der Waals surface area contributed by atoms with Gasteiger partial charge in [-0.3, -0.25) is 19.7 Å². The molecule has 0 fully saturated rings. The van der Waals surface area contributed by atoms with Crippen molar-refractivity contribution in [3.8, 4) is 0 Å². The number of hydrogen-bond acceptors (Lipinski definition) is 5. The molecule has 1 rings (SSSR count). The molecule has 1 aromatic rings. The van der Waals surface area contributed by atoms with Crippen molar-refractivity contribution in [1.82, 2.24) is 0 Å². The van der Waals surface area contributed by atoms with E-state index >= 15 is 0 Å². The minimum Gasteiger partial charge on any atom is -0.465 e. The summed E-state index contributed by atoms with van der Waals surface area (Å²) in [5.74, 6) is -0.974. The molecule has 0 aliphatic rings. The number of carbonyl (C=O) groups excluding carboxylic acids is 2. The first kappa shape index (κ1) is 15.6. The summed E-state index contributed by atoms with van der Waals surface area (Å²) in [4.78, 5) is 32.8. The summed E-state index contributed by atoms with van der Waals surface area (Å²) in [6.07, 6.45) is 3.02. The minimum absolute atomic E-state index is 0.0537. The molecule has 0 aliphatic heterocycles. The summed E-state index contributed by atoms with van der Waals surface area (Å²) in [6.45, 7) is 2.15. The number of nitro benzene ring substituents is 1. The van der Waals surface area contributed by atoms with Crippen molar-refractivity contribution in [3.05, 3.63) is 46.0 Å². The molecule has 20 heavy (non-hydrogen) atoms. The number of nitro groups is 1.